The molecule has 1 aliphatic heterocycles. The van der Waals surface area contributed by atoms with Crippen molar-refractivity contribution in [3.8, 4) is 0 Å². The normalized spacial score (nSPS) is 26.2. The van der Waals surface area contributed by atoms with E-state index in [-0.39, 0.29) is 18.0 Å². The van der Waals surface area contributed by atoms with E-state index in [0.29, 0.717) is 11.7 Å². The van der Waals surface area contributed by atoms with Crippen molar-refractivity contribution in [2.75, 3.05) is 6.54 Å². The van der Waals surface area contributed by atoms with Crippen molar-refractivity contribution >= 4 is 29.0 Å². The summed E-state index contributed by atoms with van der Waals surface area (Å²) in [6, 6.07) is 0. The lowest BCUT2D eigenvalue weighted by Gasteiger charge is -2.22. The van der Waals surface area contributed by atoms with E-state index in [1.807, 2.05) is 6.92 Å². The highest BCUT2D eigenvalue weighted by molar-refractivity contribution is 7.80. The van der Waals surface area contributed by atoms with Gasteiger partial charge in [-0.2, -0.15) is 0 Å². The smallest absolute Gasteiger partial charge is 0.316 e. The van der Waals surface area contributed by atoms with Crippen LogP contribution in [0.2, 0.25) is 0 Å². The van der Waals surface area contributed by atoms with Crippen molar-refractivity contribution in [3.63, 3.8) is 0 Å². The molecule has 0 bridgehead atoms. The highest BCUT2D eigenvalue weighted by Gasteiger charge is 2.29. The third-order valence-electron chi connectivity index (χ3n) is 3.11. The lowest BCUT2D eigenvalue weighted by atomic mass is 10.0. The second-order valence-corrected chi connectivity index (χ2v) is 4.72. The first kappa shape index (κ1) is 11.5. The fraction of sp³-hybridized carbons (Fsp3) is 0.727. The zero-order chi connectivity index (χ0) is 11.5. The molecule has 0 radical (unpaired) electrons. The summed E-state index contributed by atoms with van der Waals surface area (Å²) in [4.78, 5) is 16.0. The van der Waals surface area contributed by atoms with Gasteiger partial charge in [0.2, 0.25) is 0 Å². The summed E-state index contributed by atoms with van der Waals surface area (Å²) in [6.45, 7) is 2.34. The molecule has 0 aromatic carbocycles. The Labute approximate surface area is 100 Å². The van der Waals surface area contributed by atoms with E-state index in [1.54, 1.807) is 0 Å². The van der Waals surface area contributed by atoms with Gasteiger partial charge < -0.3 is 10.1 Å². The summed E-state index contributed by atoms with van der Waals surface area (Å²) in [5.41, 5.74) is 0.756. The average Bonchev–Trinajstić information content (AvgIpc) is 2.70. The Kier molecular flexibility index (Phi) is 3.53. The average molecular weight is 240 g/mol. The van der Waals surface area contributed by atoms with Crippen LogP contribution in [0, 0.1) is 5.92 Å². The minimum Gasteiger partial charge on any atom is -0.462 e. The molecule has 1 saturated carbocycles. The number of esters is 1. The molecule has 4 nitrogen and oxygen atoms in total. The van der Waals surface area contributed by atoms with Crippen molar-refractivity contribution in [3.05, 3.63) is 0 Å². The van der Waals surface area contributed by atoms with E-state index in [0.717, 1.165) is 31.4 Å². The number of carbonyl (C=O) groups excluding carboxylic acids is 1. The van der Waals surface area contributed by atoms with Gasteiger partial charge >= 0.3 is 5.97 Å². The zero-order valence-electron chi connectivity index (χ0n) is 9.36. The highest BCUT2D eigenvalue weighted by atomic mass is 32.1. The number of thiocarbonyl (C=S) groups is 1. The topological polar surface area (TPSA) is 50.7 Å². The van der Waals surface area contributed by atoms with E-state index < -0.39 is 0 Å². The molecule has 0 aromatic heterocycles. The van der Waals surface area contributed by atoms with Crippen molar-refractivity contribution in [2.24, 2.45) is 10.9 Å². The molecule has 2 aliphatic rings. The Hall–Kier alpha value is -0.970. The molecule has 1 atom stereocenters. The van der Waals surface area contributed by atoms with Gasteiger partial charge in [0.1, 0.15) is 12.0 Å². The molecule has 1 aliphatic carbocycles. The first-order valence-corrected chi connectivity index (χ1v) is 6.11. The number of hydrogen-bond donors (Lipinski definition) is 1. The monoisotopic (exact) mass is 240 g/mol. The Morgan fingerprint density at radius 3 is 2.81 bits per heavy atom. The van der Waals surface area contributed by atoms with Gasteiger partial charge in [0.05, 0.1) is 0 Å². The first-order chi connectivity index (χ1) is 7.66. The van der Waals surface area contributed by atoms with Crippen LogP contribution in [-0.4, -0.2) is 29.4 Å². The molecule has 0 amide bonds. The summed E-state index contributed by atoms with van der Waals surface area (Å²) in [5.74, 6) is -0.435. The van der Waals surface area contributed by atoms with Crippen LogP contribution in [0.15, 0.2) is 4.99 Å². The summed E-state index contributed by atoms with van der Waals surface area (Å²) in [7, 11) is 0. The number of nitrogens with one attached hydrogen (secondary N) is 1. The molecule has 1 unspecified atom stereocenters. The van der Waals surface area contributed by atoms with Gasteiger partial charge in [-0.15, -0.1) is 0 Å². The Morgan fingerprint density at radius 1 is 1.50 bits per heavy atom. The van der Waals surface area contributed by atoms with Crippen LogP contribution in [0.3, 0.4) is 0 Å². The summed E-state index contributed by atoms with van der Waals surface area (Å²) >= 11 is 4.92. The Bertz CT molecular complexity index is 335. The summed E-state index contributed by atoms with van der Waals surface area (Å²) < 4.78 is 5.45. The Balaban J connectivity index is 1.94. The van der Waals surface area contributed by atoms with Gasteiger partial charge in [-0.05, 0) is 44.8 Å². The molecule has 88 valence electrons. The molecule has 5 heteroatoms. The lowest BCUT2D eigenvalue weighted by Crippen LogP contribution is -2.41. The number of hydrogen-bond acceptors (Lipinski definition) is 3. The van der Waals surface area contributed by atoms with Crippen LogP contribution < -0.4 is 5.32 Å². The van der Waals surface area contributed by atoms with Crippen LogP contribution in [-0.2, 0) is 9.53 Å². The fourth-order valence-corrected chi connectivity index (χ4v) is 2.35. The van der Waals surface area contributed by atoms with E-state index >= 15 is 0 Å². The SMILES string of the molecule is CC1=NC(=S)NCC1C(=O)OC1CCCC1. The van der Waals surface area contributed by atoms with Gasteiger partial charge in [-0.3, -0.25) is 4.79 Å². The maximum Gasteiger partial charge on any atom is 0.316 e. The standard InChI is InChI=1S/C11H16N2O2S/c1-7-9(6-12-11(16)13-7)10(14)15-8-4-2-3-5-8/h8-9H,2-6H2,1H3,(H,12,16). The van der Waals surface area contributed by atoms with Crippen LogP contribution in [0.25, 0.3) is 0 Å². The predicted octanol–water partition coefficient (Wildman–Crippen LogP) is 1.44. The second-order valence-electron chi connectivity index (χ2n) is 4.34. The maximum absolute atomic E-state index is 11.9. The number of nitrogens with zero attached hydrogens (tertiary/aromatic N) is 1. The molecule has 2 rings (SSSR count). The molecule has 1 fully saturated rings. The summed E-state index contributed by atoms with van der Waals surface area (Å²) in [5, 5.41) is 3.37. The van der Waals surface area contributed by atoms with Crippen molar-refractivity contribution in [1.82, 2.24) is 5.32 Å². The Morgan fingerprint density at radius 2 is 2.19 bits per heavy atom. The molecule has 1 N–H and O–H groups in total. The van der Waals surface area contributed by atoms with Crippen LogP contribution in [0.4, 0.5) is 0 Å². The maximum atomic E-state index is 11.9. The molecule has 1 heterocycles. The molecule has 0 spiro atoms. The fourth-order valence-electron chi connectivity index (χ4n) is 2.12. The van der Waals surface area contributed by atoms with Gasteiger partial charge in [0, 0.05) is 12.3 Å². The van der Waals surface area contributed by atoms with Gasteiger partial charge in [0.15, 0.2) is 5.11 Å². The van der Waals surface area contributed by atoms with Crippen molar-refractivity contribution in [2.45, 2.75) is 38.7 Å². The largest absolute Gasteiger partial charge is 0.462 e. The molecular weight excluding hydrogens is 224 g/mol. The number of carbonyl (C=O) groups is 1. The quantitative estimate of drug-likeness (QED) is 0.586. The minimum atomic E-state index is -0.271. The van der Waals surface area contributed by atoms with E-state index in [2.05, 4.69) is 10.3 Å². The van der Waals surface area contributed by atoms with E-state index in [4.69, 9.17) is 17.0 Å². The van der Waals surface area contributed by atoms with Crippen molar-refractivity contribution in [1.29, 1.82) is 0 Å². The number of aliphatic imine (C=N–C) groups is 1. The third-order valence-corrected chi connectivity index (χ3v) is 3.34. The van der Waals surface area contributed by atoms with E-state index in [9.17, 15) is 4.79 Å². The highest BCUT2D eigenvalue weighted by Crippen LogP contribution is 2.22. The van der Waals surface area contributed by atoms with Crippen molar-refractivity contribution < 1.29 is 9.53 Å². The third kappa shape index (κ3) is 2.58. The summed E-state index contributed by atoms with van der Waals surface area (Å²) in [6.07, 6.45) is 4.45. The molecule has 0 aromatic rings. The van der Waals surface area contributed by atoms with Gasteiger partial charge in [0.25, 0.3) is 0 Å². The number of rotatable bonds is 2. The first-order valence-electron chi connectivity index (χ1n) is 5.70. The van der Waals surface area contributed by atoms with Gasteiger partial charge in [-0.25, -0.2) is 4.99 Å². The number of ether oxygens (including phenoxy) is 1. The van der Waals surface area contributed by atoms with Gasteiger partial charge in [-0.1, -0.05) is 0 Å². The lowest BCUT2D eigenvalue weighted by molar-refractivity contribution is -0.151. The second kappa shape index (κ2) is 4.91. The minimum absolute atomic E-state index is 0.120. The molecular formula is C11H16N2O2S. The zero-order valence-corrected chi connectivity index (χ0v) is 10.2. The van der Waals surface area contributed by atoms with Crippen LogP contribution in [0.1, 0.15) is 32.6 Å². The van der Waals surface area contributed by atoms with Crippen LogP contribution in [0.5, 0.6) is 0 Å². The van der Waals surface area contributed by atoms with Crippen LogP contribution >= 0.6 is 12.2 Å². The predicted molar refractivity (Wildman–Crippen MR) is 65.5 cm³/mol. The molecule has 16 heavy (non-hydrogen) atoms. The van der Waals surface area contributed by atoms with E-state index in [1.165, 1.54) is 0 Å². The molecule has 0 saturated heterocycles.